The molecule has 1 radical (unpaired) electrons. The molecule has 0 aliphatic rings. The molecule has 10 nitrogen and oxygen atoms in total. The summed E-state index contributed by atoms with van der Waals surface area (Å²) in [4.78, 5) is 5.23. The summed E-state index contributed by atoms with van der Waals surface area (Å²) in [5, 5.41) is 0. The maximum absolute atomic E-state index is 8.49. The number of hydrogen-bond donors (Lipinski definition) is 0. The zero-order valence-electron chi connectivity index (χ0n) is 20.6. The molecule has 31 heavy (non-hydrogen) atoms. The molecule has 0 fully saturated rings. The van der Waals surface area contributed by atoms with Crippen LogP contribution in [-0.4, -0.2) is 45.0 Å². The molecule has 0 spiro atoms. The van der Waals surface area contributed by atoms with E-state index in [1.807, 2.05) is 0 Å². The molecule has 0 bridgehead atoms. The summed E-state index contributed by atoms with van der Waals surface area (Å²) in [5.41, 5.74) is 0.777. The van der Waals surface area contributed by atoms with Gasteiger partial charge < -0.3 is 0 Å². The van der Waals surface area contributed by atoms with Gasteiger partial charge in [0, 0.05) is 35.2 Å². The van der Waals surface area contributed by atoms with Crippen LogP contribution in [0.5, 0.6) is 0 Å². The van der Waals surface area contributed by atoms with Gasteiger partial charge in [-0.3, -0.25) is 9.80 Å². The number of halogens is 2. The van der Waals surface area contributed by atoms with E-state index >= 15 is 0 Å². The summed E-state index contributed by atoms with van der Waals surface area (Å²) in [6.45, 7) is 30.0. The van der Waals surface area contributed by atoms with Gasteiger partial charge in [-0.05, 0) is 83.1 Å². The molecule has 0 saturated carbocycles. The Kier molecular flexibility index (Phi) is 17.0. The topological polar surface area (TPSA) is 191 Å². The first-order valence-corrected chi connectivity index (χ1v) is 11.7. The molecule has 0 aliphatic carbocycles. The van der Waals surface area contributed by atoms with Crippen LogP contribution in [0, 0.1) is 20.5 Å². The Balaban J connectivity index is -0.000000275. The van der Waals surface area contributed by atoms with Gasteiger partial charge in [-0.1, -0.05) is 0 Å². The maximum atomic E-state index is 8.49. The third-order valence-electron chi connectivity index (χ3n) is 3.79. The van der Waals surface area contributed by atoms with Crippen LogP contribution < -0.4 is 37.3 Å². The van der Waals surface area contributed by atoms with E-state index in [1.165, 1.54) is 0 Å². The van der Waals surface area contributed by atoms with Gasteiger partial charge in [-0.15, -0.1) is 20.5 Å². The molecule has 0 saturated heterocycles. The molecule has 0 atom stereocenters. The molecular formula is C18H40Cl2CuN2O8. The average molecular weight is 547 g/mol. The van der Waals surface area contributed by atoms with Gasteiger partial charge in [0.1, 0.15) is 0 Å². The number of nitrogens with zero attached hydrogens (tertiary/aromatic N) is 2. The molecule has 0 aromatic carbocycles. The van der Waals surface area contributed by atoms with Crippen LogP contribution >= 0.6 is 0 Å². The van der Waals surface area contributed by atoms with Crippen molar-refractivity contribution in [3.8, 4) is 0 Å². The summed E-state index contributed by atoms with van der Waals surface area (Å²) in [6.07, 6.45) is 0. The summed E-state index contributed by atoms with van der Waals surface area (Å²) >= 11 is 0. The zero-order valence-corrected chi connectivity index (χ0v) is 23.1. The second-order valence-electron chi connectivity index (χ2n) is 10.7. The smallest absolute Gasteiger partial charge is 0.292 e. The number of rotatable bonds is 3. The molecule has 0 unspecified atom stereocenters. The van der Waals surface area contributed by atoms with Crippen molar-refractivity contribution in [3.05, 3.63) is 0 Å². The summed E-state index contributed by atoms with van der Waals surface area (Å²) in [5.74, 6) is 0. The standard InChI is InChI=1S/C18H40N2.2ClHO4.Cu/c1-15(2,3)19(16(4,5)6)13-14-20(17(7,8)9)18(10,11)12;2*2-1(3,4)5;/h13-14H2,1-12H3;2*(H,2,3,4,5);/q;;;+2/p-2. The van der Waals surface area contributed by atoms with Crippen molar-refractivity contribution in [2.24, 2.45) is 0 Å². The SMILES string of the molecule is CC(C)(C)N(CCN(C(C)(C)C)C(C)(C)C)C(C)(C)C.[Cu+2].[O-][Cl+3]([O-])([O-])[O-].[O-][Cl+3]([O-])([O-])[O-]. The summed E-state index contributed by atoms with van der Waals surface area (Å²) in [7, 11) is -9.89. The van der Waals surface area contributed by atoms with E-state index in [2.05, 4.69) is 92.9 Å². The Morgan fingerprint density at radius 3 is 0.581 bits per heavy atom. The van der Waals surface area contributed by atoms with E-state index < -0.39 is 20.5 Å². The van der Waals surface area contributed by atoms with Crippen molar-refractivity contribution in [1.82, 2.24) is 9.80 Å². The Morgan fingerprint density at radius 2 is 0.516 bits per heavy atom. The Bertz CT molecular complexity index is 390. The fourth-order valence-corrected chi connectivity index (χ4v) is 3.55. The molecule has 0 rings (SSSR count). The largest absolute Gasteiger partial charge is 2.00 e. The van der Waals surface area contributed by atoms with Crippen LogP contribution in [0.2, 0.25) is 0 Å². The van der Waals surface area contributed by atoms with Crippen molar-refractivity contribution >= 4 is 0 Å². The van der Waals surface area contributed by atoms with Crippen LogP contribution in [-0.2, 0) is 17.1 Å². The Labute approximate surface area is 202 Å². The minimum atomic E-state index is -4.94. The van der Waals surface area contributed by atoms with Gasteiger partial charge in [0.15, 0.2) is 0 Å². The van der Waals surface area contributed by atoms with Crippen molar-refractivity contribution in [1.29, 1.82) is 0 Å². The Hall–Kier alpha value is 0.699. The van der Waals surface area contributed by atoms with Gasteiger partial charge in [-0.25, -0.2) is 37.3 Å². The molecule has 0 aliphatic heterocycles. The van der Waals surface area contributed by atoms with Gasteiger partial charge in [0.05, 0.1) is 0 Å². The van der Waals surface area contributed by atoms with Crippen LogP contribution in [0.1, 0.15) is 83.1 Å². The van der Waals surface area contributed by atoms with Gasteiger partial charge in [0.2, 0.25) is 0 Å². The molecule has 0 heterocycles. The predicted octanol–water partition coefficient (Wildman–Crippen LogP) is -4.73. The van der Waals surface area contributed by atoms with Crippen LogP contribution in [0.15, 0.2) is 0 Å². The first-order chi connectivity index (χ1) is 12.5. The minimum absolute atomic E-state index is 0. The quantitative estimate of drug-likeness (QED) is 0.310. The zero-order chi connectivity index (χ0) is 25.6. The van der Waals surface area contributed by atoms with Gasteiger partial charge in [0.25, 0.3) is 0 Å². The first-order valence-electron chi connectivity index (χ1n) is 9.26. The fraction of sp³-hybridized carbons (Fsp3) is 1.00. The molecule has 0 amide bonds. The van der Waals surface area contributed by atoms with E-state index in [0.717, 1.165) is 13.1 Å². The van der Waals surface area contributed by atoms with Crippen molar-refractivity contribution in [2.75, 3.05) is 13.1 Å². The van der Waals surface area contributed by atoms with E-state index in [-0.39, 0.29) is 39.2 Å². The third-order valence-corrected chi connectivity index (χ3v) is 3.79. The molecule has 195 valence electrons. The van der Waals surface area contributed by atoms with E-state index in [1.54, 1.807) is 0 Å². The van der Waals surface area contributed by atoms with Gasteiger partial charge in [-0.2, -0.15) is 0 Å². The van der Waals surface area contributed by atoms with E-state index in [4.69, 9.17) is 37.3 Å². The maximum Gasteiger partial charge on any atom is 2.00 e. The summed E-state index contributed by atoms with van der Waals surface area (Å²) < 4.78 is 67.9. The van der Waals surface area contributed by atoms with Crippen LogP contribution in [0.4, 0.5) is 0 Å². The minimum Gasteiger partial charge on any atom is -0.292 e. The molecule has 0 aromatic rings. The normalized spacial score (nSPS) is 13.7. The third kappa shape index (κ3) is 28.7. The number of hydrogen-bond acceptors (Lipinski definition) is 10. The van der Waals surface area contributed by atoms with Crippen molar-refractivity contribution < 1.29 is 74.8 Å². The monoisotopic (exact) mass is 545 g/mol. The molecule has 13 heteroatoms. The first kappa shape index (κ1) is 38.9. The second-order valence-corrected chi connectivity index (χ2v) is 12.3. The predicted molar refractivity (Wildman–Crippen MR) is 92.4 cm³/mol. The molecule has 0 aromatic heterocycles. The summed E-state index contributed by atoms with van der Waals surface area (Å²) in [6, 6.07) is 0. The fourth-order valence-electron chi connectivity index (χ4n) is 3.55. The van der Waals surface area contributed by atoms with Crippen LogP contribution in [0.3, 0.4) is 0 Å². The van der Waals surface area contributed by atoms with E-state index in [9.17, 15) is 0 Å². The van der Waals surface area contributed by atoms with Crippen LogP contribution in [0.25, 0.3) is 0 Å². The van der Waals surface area contributed by atoms with Crippen molar-refractivity contribution in [3.63, 3.8) is 0 Å². The van der Waals surface area contributed by atoms with Gasteiger partial charge >= 0.3 is 17.1 Å². The molecule has 0 N–H and O–H groups in total. The van der Waals surface area contributed by atoms with Crippen molar-refractivity contribution in [2.45, 2.75) is 105 Å². The average Bonchev–Trinajstić information content (AvgIpc) is 2.22. The van der Waals surface area contributed by atoms with E-state index in [0.29, 0.717) is 0 Å². The Morgan fingerprint density at radius 1 is 0.419 bits per heavy atom. The second kappa shape index (κ2) is 13.6. The molecular weight excluding hydrogens is 507 g/mol.